The lowest BCUT2D eigenvalue weighted by atomic mass is 10.2. The number of rotatable bonds is 1. The first-order chi connectivity index (χ1) is 6.65. The van der Waals surface area contributed by atoms with Gasteiger partial charge in [-0.1, -0.05) is 23.2 Å². The van der Waals surface area contributed by atoms with E-state index in [9.17, 15) is 0 Å². The summed E-state index contributed by atoms with van der Waals surface area (Å²) in [6.07, 6.45) is 2.17. The van der Waals surface area contributed by atoms with E-state index in [1.54, 1.807) is 0 Å². The summed E-state index contributed by atoms with van der Waals surface area (Å²) in [5.41, 5.74) is 0. The van der Waals surface area contributed by atoms with Crippen LogP contribution in [0, 0.1) is 0 Å². The number of nitrogens with zero attached hydrogens (tertiary/aromatic N) is 2. The Morgan fingerprint density at radius 3 is 2.43 bits per heavy atom. The second-order valence-electron chi connectivity index (χ2n) is 3.38. The lowest BCUT2D eigenvalue weighted by molar-refractivity contribution is 0.0503. The van der Waals surface area contributed by atoms with E-state index in [0.29, 0.717) is 16.1 Å². The van der Waals surface area contributed by atoms with E-state index in [4.69, 9.17) is 27.9 Å². The Kier molecular flexibility index (Phi) is 2.91. The van der Waals surface area contributed by atoms with Crippen LogP contribution in [0.4, 0.5) is 0 Å². The molecular formula is C9H10Cl2N2O. The van der Waals surface area contributed by atoms with Crippen LogP contribution in [0.5, 0.6) is 0 Å². The number of halogens is 2. The van der Waals surface area contributed by atoms with Crippen molar-refractivity contribution in [3.8, 4) is 0 Å². The quantitative estimate of drug-likeness (QED) is 0.699. The van der Waals surface area contributed by atoms with E-state index < -0.39 is 0 Å². The van der Waals surface area contributed by atoms with Crippen molar-refractivity contribution in [1.82, 2.24) is 9.97 Å². The zero-order valence-corrected chi connectivity index (χ0v) is 9.22. The van der Waals surface area contributed by atoms with E-state index in [-0.39, 0.29) is 12.2 Å². The molecule has 5 heteroatoms. The third-order valence-corrected chi connectivity index (χ3v) is 2.59. The van der Waals surface area contributed by atoms with Gasteiger partial charge in [0.25, 0.3) is 0 Å². The maximum atomic E-state index is 5.77. The largest absolute Gasteiger partial charge is 0.367 e. The molecule has 0 bridgehead atoms. The van der Waals surface area contributed by atoms with E-state index in [1.807, 2.05) is 6.92 Å². The van der Waals surface area contributed by atoms with E-state index in [1.165, 1.54) is 6.07 Å². The number of ether oxygens (including phenoxy) is 1. The molecule has 1 aliphatic rings. The van der Waals surface area contributed by atoms with Gasteiger partial charge >= 0.3 is 0 Å². The van der Waals surface area contributed by atoms with Gasteiger partial charge in [0.15, 0.2) is 5.82 Å². The zero-order chi connectivity index (χ0) is 10.1. The number of hydrogen-bond acceptors (Lipinski definition) is 3. The van der Waals surface area contributed by atoms with Crippen molar-refractivity contribution in [3.05, 3.63) is 22.2 Å². The van der Waals surface area contributed by atoms with Gasteiger partial charge in [0.2, 0.25) is 0 Å². The molecule has 2 rings (SSSR count). The maximum absolute atomic E-state index is 5.77. The highest BCUT2D eigenvalue weighted by Gasteiger charge is 2.26. The third kappa shape index (κ3) is 2.16. The summed E-state index contributed by atoms with van der Waals surface area (Å²) < 4.78 is 5.62. The van der Waals surface area contributed by atoms with Gasteiger partial charge in [-0.2, -0.15) is 0 Å². The second kappa shape index (κ2) is 4.01. The van der Waals surface area contributed by atoms with Crippen LogP contribution in [0.3, 0.4) is 0 Å². The molecule has 1 aromatic heterocycles. The maximum Gasteiger partial charge on any atom is 0.160 e. The summed E-state index contributed by atoms with van der Waals surface area (Å²) in [5.74, 6) is 0.590. The van der Waals surface area contributed by atoms with Gasteiger partial charge in [0.05, 0.1) is 6.10 Å². The molecule has 0 aromatic carbocycles. The highest BCUT2D eigenvalue weighted by atomic mass is 35.5. The summed E-state index contributed by atoms with van der Waals surface area (Å²) in [6.45, 7) is 2.03. The fourth-order valence-electron chi connectivity index (χ4n) is 1.54. The molecule has 1 fully saturated rings. The van der Waals surface area contributed by atoms with Crippen molar-refractivity contribution in [1.29, 1.82) is 0 Å². The summed E-state index contributed by atoms with van der Waals surface area (Å²) in [7, 11) is 0. The van der Waals surface area contributed by atoms with Crippen LogP contribution in [-0.2, 0) is 4.74 Å². The Bertz CT molecular complexity index is 325. The molecule has 0 spiro atoms. The fourth-order valence-corrected chi connectivity index (χ4v) is 1.98. The minimum Gasteiger partial charge on any atom is -0.367 e. The predicted octanol–water partition coefficient (Wildman–Crippen LogP) is 3.02. The summed E-state index contributed by atoms with van der Waals surface area (Å²) >= 11 is 11.5. The molecule has 0 amide bonds. The fraction of sp³-hybridized carbons (Fsp3) is 0.556. The molecule has 0 aliphatic carbocycles. The molecule has 14 heavy (non-hydrogen) atoms. The van der Waals surface area contributed by atoms with Crippen molar-refractivity contribution in [2.24, 2.45) is 0 Å². The number of aromatic nitrogens is 2. The highest BCUT2D eigenvalue weighted by molar-refractivity contribution is 6.33. The number of hydrogen-bond donors (Lipinski definition) is 0. The molecule has 76 valence electrons. The second-order valence-corrected chi connectivity index (χ2v) is 4.16. The molecule has 0 saturated carbocycles. The molecule has 0 radical (unpaired) electrons. The van der Waals surface area contributed by atoms with Gasteiger partial charge in [0.1, 0.15) is 16.4 Å². The van der Waals surface area contributed by atoms with Gasteiger partial charge in [0, 0.05) is 6.07 Å². The molecule has 1 saturated heterocycles. The normalized spacial score (nSPS) is 26.8. The van der Waals surface area contributed by atoms with Crippen molar-refractivity contribution >= 4 is 23.2 Å². The van der Waals surface area contributed by atoms with Crippen molar-refractivity contribution in [2.45, 2.75) is 32.0 Å². The molecule has 3 nitrogen and oxygen atoms in total. The smallest absolute Gasteiger partial charge is 0.160 e. The van der Waals surface area contributed by atoms with Gasteiger partial charge in [-0.25, -0.2) is 9.97 Å². The van der Waals surface area contributed by atoms with Gasteiger partial charge in [-0.05, 0) is 19.8 Å². The van der Waals surface area contributed by atoms with E-state index in [0.717, 1.165) is 12.8 Å². The molecular weight excluding hydrogens is 223 g/mol. The Hall–Kier alpha value is -0.380. The zero-order valence-electron chi connectivity index (χ0n) is 7.70. The molecule has 2 unspecified atom stereocenters. The summed E-state index contributed by atoms with van der Waals surface area (Å²) in [4.78, 5) is 8.19. The standard InChI is InChI=1S/C9H10Cl2N2O/c1-5-2-3-6(14-5)9-12-7(10)4-8(11)13-9/h4-6H,2-3H2,1H3. The Morgan fingerprint density at radius 1 is 1.29 bits per heavy atom. The Morgan fingerprint density at radius 2 is 1.93 bits per heavy atom. The molecule has 2 heterocycles. The van der Waals surface area contributed by atoms with E-state index in [2.05, 4.69) is 9.97 Å². The monoisotopic (exact) mass is 232 g/mol. The van der Waals surface area contributed by atoms with Crippen LogP contribution in [0.2, 0.25) is 10.3 Å². The summed E-state index contributed by atoms with van der Waals surface area (Å²) in [5, 5.41) is 0.728. The average molecular weight is 233 g/mol. The first-order valence-corrected chi connectivity index (χ1v) is 5.26. The van der Waals surface area contributed by atoms with Crippen LogP contribution >= 0.6 is 23.2 Å². The first-order valence-electron chi connectivity index (χ1n) is 4.50. The van der Waals surface area contributed by atoms with Gasteiger partial charge in [-0.15, -0.1) is 0 Å². The SMILES string of the molecule is CC1CCC(c2nc(Cl)cc(Cl)n2)O1. The van der Waals surface area contributed by atoms with Crippen LogP contribution in [0.1, 0.15) is 31.7 Å². The van der Waals surface area contributed by atoms with Crippen molar-refractivity contribution < 1.29 is 4.74 Å². The molecule has 0 N–H and O–H groups in total. The molecule has 1 aliphatic heterocycles. The topological polar surface area (TPSA) is 35.0 Å². The van der Waals surface area contributed by atoms with Crippen LogP contribution in [0.25, 0.3) is 0 Å². The minimum absolute atomic E-state index is 0.0544. The van der Waals surface area contributed by atoms with Gasteiger partial charge < -0.3 is 4.74 Å². The average Bonchev–Trinajstić information content (AvgIpc) is 2.50. The summed E-state index contributed by atoms with van der Waals surface area (Å²) in [6, 6.07) is 1.52. The van der Waals surface area contributed by atoms with Crippen LogP contribution in [-0.4, -0.2) is 16.1 Å². The third-order valence-electron chi connectivity index (χ3n) is 2.20. The van der Waals surface area contributed by atoms with Crippen LogP contribution < -0.4 is 0 Å². The predicted molar refractivity (Wildman–Crippen MR) is 54.6 cm³/mol. The van der Waals surface area contributed by atoms with Crippen LogP contribution in [0.15, 0.2) is 6.07 Å². The lowest BCUT2D eigenvalue weighted by Crippen LogP contribution is -2.05. The van der Waals surface area contributed by atoms with Crippen molar-refractivity contribution in [2.75, 3.05) is 0 Å². The highest BCUT2D eigenvalue weighted by Crippen LogP contribution is 2.31. The van der Waals surface area contributed by atoms with E-state index >= 15 is 0 Å². The first kappa shape index (κ1) is 10.1. The lowest BCUT2D eigenvalue weighted by Gasteiger charge is -2.09. The Balaban J connectivity index is 2.23. The van der Waals surface area contributed by atoms with Crippen molar-refractivity contribution in [3.63, 3.8) is 0 Å². The molecule has 2 atom stereocenters. The minimum atomic E-state index is -0.0544. The Labute approximate surface area is 92.4 Å². The molecule has 1 aromatic rings. The van der Waals surface area contributed by atoms with Gasteiger partial charge in [-0.3, -0.25) is 0 Å².